The summed E-state index contributed by atoms with van der Waals surface area (Å²) >= 11 is 5.86. The van der Waals surface area contributed by atoms with E-state index in [4.69, 9.17) is 16.3 Å². The quantitative estimate of drug-likeness (QED) is 0.422. The molecule has 0 aliphatic carbocycles. The van der Waals surface area contributed by atoms with E-state index in [2.05, 4.69) is 5.32 Å². The van der Waals surface area contributed by atoms with Gasteiger partial charge in [-0.3, -0.25) is 14.3 Å². The number of nitrogens with zero attached hydrogens (tertiary/aromatic N) is 2. The summed E-state index contributed by atoms with van der Waals surface area (Å²) in [7, 11) is 2.57. The van der Waals surface area contributed by atoms with Crippen molar-refractivity contribution in [1.29, 1.82) is 0 Å². The standard InChI is InChI=1S/C24H17ClF3N3O3/c1-30-22(20-17(27)11-15(34-2)12-18(20)28)21(29-23(32)13-7-9-14(25)10-8-13)24(33)31(30)19-6-4-3-5-16(19)26/h3-12H,1-2H3,(H,29,32). The second kappa shape index (κ2) is 9.11. The van der Waals surface area contributed by atoms with Gasteiger partial charge in [0.2, 0.25) is 0 Å². The molecule has 1 heterocycles. The predicted molar refractivity (Wildman–Crippen MR) is 122 cm³/mol. The first kappa shape index (κ1) is 23.2. The van der Waals surface area contributed by atoms with Crippen LogP contribution in [0.2, 0.25) is 5.02 Å². The molecular formula is C24H17ClF3N3O3. The van der Waals surface area contributed by atoms with Crippen molar-refractivity contribution in [1.82, 2.24) is 9.36 Å². The van der Waals surface area contributed by atoms with E-state index in [-0.39, 0.29) is 22.7 Å². The summed E-state index contributed by atoms with van der Waals surface area (Å²) < 4.78 is 51.5. The van der Waals surface area contributed by atoms with Crippen LogP contribution in [-0.4, -0.2) is 22.4 Å². The lowest BCUT2D eigenvalue weighted by Gasteiger charge is -2.13. The van der Waals surface area contributed by atoms with Crippen LogP contribution in [-0.2, 0) is 7.05 Å². The Hall–Kier alpha value is -3.98. The average Bonchev–Trinajstić information content (AvgIpc) is 3.03. The Morgan fingerprint density at radius 3 is 2.18 bits per heavy atom. The van der Waals surface area contributed by atoms with Gasteiger partial charge in [0.15, 0.2) is 0 Å². The fourth-order valence-corrected chi connectivity index (χ4v) is 3.71. The number of para-hydroxylation sites is 1. The minimum absolute atomic E-state index is 0.0796. The van der Waals surface area contributed by atoms with Gasteiger partial charge in [0.05, 0.1) is 12.7 Å². The van der Waals surface area contributed by atoms with E-state index >= 15 is 8.78 Å². The monoisotopic (exact) mass is 487 g/mol. The van der Waals surface area contributed by atoms with Gasteiger partial charge in [-0.2, -0.15) is 0 Å². The molecular weight excluding hydrogens is 471 g/mol. The zero-order valence-electron chi connectivity index (χ0n) is 17.9. The Labute approximate surface area is 196 Å². The maximum Gasteiger partial charge on any atom is 0.295 e. The van der Waals surface area contributed by atoms with Crippen LogP contribution in [0, 0.1) is 17.5 Å². The molecule has 1 N–H and O–H groups in total. The number of amides is 1. The summed E-state index contributed by atoms with van der Waals surface area (Å²) in [5.41, 5.74) is -2.24. The van der Waals surface area contributed by atoms with Gasteiger partial charge in [-0.15, -0.1) is 0 Å². The van der Waals surface area contributed by atoms with E-state index in [0.29, 0.717) is 5.02 Å². The minimum atomic E-state index is -1.04. The number of hydrogen-bond donors (Lipinski definition) is 1. The summed E-state index contributed by atoms with van der Waals surface area (Å²) in [5.74, 6) is -3.64. The van der Waals surface area contributed by atoms with E-state index in [1.54, 1.807) is 0 Å². The molecule has 174 valence electrons. The second-order valence-electron chi connectivity index (χ2n) is 7.24. The molecule has 0 radical (unpaired) electrons. The van der Waals surface area contributed by atoms with Gasteiger partial charge in [-0.05, 0) is 36.4 Å². The van der Waals surface area contributed by atoms with Crippen molar-refractivity contribution < 1.29 is 22.7 Å². The van der Waals surface area contributed by atoms with E-state index in [1.165, 1.54) is 56.6 Å². The van der Waals surface area contributed by atoms with Crippen molar-refractivity contribution in [3.63, 3.8) is 0 Å². The third kappa shape index (κ3) is 4.06. The molecule has 34 heavy (non-hydrogen) atoms. The Bertz CT molecular complexity index is 1440. The van der Waals surface area contributed by atoms with Crippen molar-refractivity contribution in [2.75, 3.05) is 12.4 Å². The summed E-state index contributed by atoms with van der Waals surface area (Å²) in [6.07, 6.45) is 0. The first-order valence-corrected chi connectivity index (χ1v) is 10.3. The summed E-state index contributed by atoms with van der Waals surface area (Å²) in [5, 5.41) is 2.81. The number of carbonyl (C=O) groups excluding carboxylic acids is 1. The molecule has 1 amide bonds. The van der Waals surface area contributed by atoms with Crippen LogP contribution in [0.15, 0.2) is 65.5 Å². The molecule has 10 heteroatoms. The smallest absolute Gasteiger partial charge is 0.295 e. The van der Waals surface area contributed by atoms with Gasteiger partial charge in [-0.25, -0.2) is 17.9 Å². The van der Waals surface area contributed by atoms with Crippen molar-refractivity contribution in [3.8, 4) is 22.7 Å². The Morgan fingerprint density at radius 1 is 0.971 bits per heavy atom. The number of anilines is 1. The zero-order chi connectivity index (χ0) is 24.6. The molecule has 4 aromatic rings. The number of nitrogens with one attached hydrogen (secondary N) is 1. The van der Waals surface area contributed by atoms with E-state index in [1.807, 2.05) is 0 Å². The molecule has 0 bridgehead atoms. The van der Waals surface area contributed by atoms with Crippen molar-refractivity contribution >= 4 is 23.2 Å². The van der Waals surface area contributed by atoms with Crippen LogP contribution < -0.4 is 15.6 Å². The van der Waals surface area contributed by atoms with Crippen LogP contribution in [0.4, 0.5) is 18.9 Å². The lowest BCUT2D eigenvalue weighted by atomic mass is 10.1. The number of ether oxygens (including phenoxy) is 1. The molecule has 1 aromatic heterocycles. The van der Waals surface area contributed by atoms with Crippen molar-refractivity contribution in [2.24, 2.45) is 7.05 Å². The summed E-state index contributed by atoms with van der Waals surface area (Å²) in [6, 6.07) is 13.1. The third-order valence-corrected chi connectivity index (χ3v) is 5.43. The molecule has 4 rings (SSSR count). The molecule has 0 saturated carbocycles. The topological polar surface area (TPSA) is 65.3 Å². The van der Waals surface area contributed by atoms with Gasteiger partial charge in [0, 0.05) is 29.8 Å². The Kier molecular flexibility index (Phi) is 6.21. The number of benzene rings is 3. The normalized spacial score (nSPS) is 10.9. The maximum absolute atomic E-state index is 15.0. The first-order chi connectivity index (χ1) is 16.2. The Morgan fingerprint density at radius 2 is 1.59 bits per heavy atom. The van der Waals surface area contributed by atoms with Gasteiger partial charge < -0.3 is 10.1 Å². The largest absolute Gasteiger partial charge is 0.497 e. The molecule has 0 unspecified atom stereocenters. The van der Waals surface area contributed by atoms with Crippen LogP contribution in [0.25, 0.3) is 16.9 Å². The average molecular weight is 488 g/mol. The predicted octanol–water partition coefficient (Wildman–Crippen LogP) is 5.17. The molecule has 0 aliphatic heterocycles. The highest BCUT2D eigenvalue weighted by atomic mass is 35.5. The van der Waals surface area contributed by atoms with Crippen LogP contribution in [0.5, 0.6) is 5.75 Å². The molecule has 3 aromatic carbocycles. The maximum atomic E-state index is 15.0. The number of rotatable bonds is 5. The summed E-state index contributed by atoms with van der Waals surface area (Å²) in [6.45, 7) is 0. The molecule has 6 nitrogen and oxygen atoms in total. The number of halogens is 4. The first-order valence-electron chi connectivity index (χ1n) is 9.90. The number of methoxy groups -OCH3 is 1. The highest BCUT2D eigenvalue weighted by Crippen LogP contribution is 2.34. The van der Waals surface area contributed by atoms with E-state index in [0.717, 1.165) is 27.6 Å². The molecule has 0 saturated heterocycles. The van der Waals surface area contributed by atoms with Gasteiger partial charge in [0.25, 0.3) is 11.5 Å². The van der Waals surface area contributed by atoms with E-state index in [9.17, 15) is 14.0 Å². The molecule has 0 aliphatic rings. The second-order valence-corrected chi connectivity index (χ2v) is 7.68. The molecule has 0 atom stereocenters. The van der Waals surface area contributed by atoms with Crippen molar-refractivity contribution in [3.05, 3.63) is 99.1 Å². The molecule has 0 spiro atoms. The summed E-state index contributed by atoms with van der Waals surface area (Å²) in [4.78, 5) is 26.2. The third-order valence-electron chi connectivity index (χ3n) is 5.18. The highest BCUT2D eigenvalue weighted by molar-refractivity contribution is 6.30. The zero-order valence-corrected chi connectivity index (χ0v) is 18.7. The fraction of sp³-hybridized carbons (Fsp3) is 0.0833. The van der Waals surface area contributed by atoms with Gasteiger partial charge in [0.1, 0.15) is 40.3 Å². The number of hydrogen-bond acceptors (Lipinski definition) is 3. The SMILES string of the molecule is COc1cc(F)c(-c2c(NC(=O)c3ccc(Cl)cc3)c(=O)n(-c3ccccc3F)n2C)c(F)c1. The minimum Gasteiger partial charge on any atom is -0.497 e. The Balaban J connectivity index is 1.97. The van der Waals surface area contributed by atoms with Gasteiger partial charge in [-0.1, -0.05) is 23.7 Å². The van der Waals surface area contributed by atoms with Crippen molar-refractivity contribution in [2.45, 2.75) is 0 Å². The van der Waals surface area contributed by atoms with Crippen LogP contribution in [0.1, 0.15) is 10.4 Å². The van der Waals surface area contributed by atoms with Crippen LogP contribution >= 0.6 is 11.6 Å². The molecule has 0 fully saturated rings. The van der Waals surface area contributed by atoms with E-state index < -0.39 is 40.2 Å². The number of carbonyl (C=O) groups is 1. The number of aromatic nitrogens is 2. The van der Waals surface area contributed by atoms with Gasteiger partial charge >= 0.3 is 0 Å². The lowest BCUT2D eigenvalue weighted by Crippen LogP contribution is -2.23. The van der Waals surface area contributed by atoms with Crippen LogP contribution in [0.3, 0.4) is 0 Å². The lowest BCUT2D eigenvalue weighted by molar-refractivity contribution is 0.102. The highest BCUT2D eigenvalue weighted by Gasteiger charge is 2.28. The fourth-order valence-electron chi connectivity index (χ4n) is 3.58.